The minimum atomic E-state index is -0.346. The van der Waals surface area contributed by atoms with Gasteiger partial charge in [-0.25, -0.2) is 4.79 Å². The Kier molecular flexibility index (Phi) is 6.22. The topological polar surface area (TPSA) is 82.3 Å². The van der Waals surface area contributed by atoms with Gasteiger partial charge in [0.25, 0.3) is 11.5 Å². The Morgan fingerprint density at radius 2 is 1.93 bits per heavy atom. The first-order chi connectivity index (χ1) is 13.9. The molecule has 0 saturated carbocycles. The summed E-state index contributed by atoms with van der Waals surface area (Å²) in [4.78, 5) is 39.3. The summed E-state index contributed by atoms with van der Waals surface area (Å²) in [5.74, 6) is 0.436. The van der Waals surface area contributed by atoms with E-state index in [1.165, 1.54) is 9.13 Å². The van der Waals surface area contributed by atoms with Gasteiger partial charge in [0.05, 0.1) is 17.4 Å². The first-order valence-electron chi connectivity index (χ1n) is 9.57. The van der Waals surface area contributed by atoms with E-state index in [-0.39, 0.29) is 23.2 Å². The maximum Gasteiger partial charge on any atom is 0.332 e. The lowest BCUT2D eigenvalue weighted by Crippen LogP contribution is -2.40. The van der Waals surface area contributed by atoms with Gasteiger partial charge < -0.3 is 10.1 Å². The molecule has 0 spiro atoms. The molecule has 3 aromatic rings. The van der Waals surface area contributed by atoms with E-state index in [9.17, 15) is 14.4 Å². The number of amides is 1. The third kappa shape index (κ3) is 3.98. The molecule has 154 valence electrons. The highest BCUT2D eigenvalue weighted by atomic mass is 32.1. The Balaban J connectivity index is 1.93. The molecular weight excluding hydrogens is 390 g/mol. The van der Waals surface area contributed by atoms with Crippen LogP contribution < -0.4 is 21.3 Å². The Morgan fingerprint density at radius 1 is 1.21 bits per heavy atom. The minimum Gasteiger partial charge on any atom is -0.497 e. The molecule has 8 heteroatoms. The molecule has 0 aliphatic rings. The van der Waals surface area contributed by atoms with Crippen LogP contribution in [-0.2, 0) is 13.6 Å². The number of nitrogens with zero attached hydrogens (tertiary/aromatic N) is 2. The summed E-state index contributed by atoms with van der Waals surface area (Å²) < 4.78 is 7.96. The molecule has 2 heterocycles. The molecule has 0 radical (unpaired) electrons. The molecule has 0 saturated heterocycles. The summed E-state index contributed by atoms with van der Waals surface area (Å²) in [5, 5.41) is 3.26. The molecule has 1 amide bonds. The average Bonchev–Trinajstić information content (AvgIpc) is 3.19. The number of aryl methyl sites for hydroxylation is 1. The maximum absolute atomic E-state index is 13.0. The number of nitrogens with one attached hydrogen (secondary N) is 1. The molecule has 1 N–H and O–H groups in total. The minimum absolute atomic E-state index is 0.157. The lowest BCUT2D eigenvalue weighted by atomic mass is 10.1. The largest absolute Gasteiger partial charge is 0.497 e. The van der Waals surface area contributed by atoms with Crippen LogP contribution in [0.4, 0.5) is 0 Å². The highest BCUT2D eigenvalue weighted by molar-refractivity contribution is 7.20. The first-order valence-corrected chi connectivity index (χ1v) is 10.4. The third-order valence-corrected chi connectivity index (χ3v) is 6.29. The van der Waals surface area contributed by atoms with Crippen molar-refractivity contribution in [3.05, 3.63) is 61.6 Å². The van der Waals surface area contributed by atoms with Crippen molar-refractivity contribution in [3.63, 3.8) is 0 Å². The van der Waals surface area contributed by atoms with Gasteiger partial charge in [-0.3, -0.25) is 18.7 Å². The summed E-state index contributed by atoms with van der Waals surface area (Å²) in [6.07, 6.45) is 1.38. The van der Waals surface area contributed by atoms with E-state index in [1.54, 1.807) is 20.2 Å². The smallest absolute Gasteiger partial charge is 0.332 e. The number of methoxy groups -OCH3 is 1. The van der Waals surface area contributed by atoms with Gasteiger partial charge in [-0.05, 0) is 36.6 Å². The van der Waals surface area contributed by atoms with Gasteiger partial charge in [0.2, 0.25) is 0 Å². The number of ether oxygens (including phenoxy) is 1. The van der Waals surface area contributed by atoms with Crippen molar-refractivity contribution < 1.29 is 9.53 Å². The highest BCUT2D eigenvalue weighted by Crippen LogP contribution is 2.23. The van der Waals surface area contributed by atoms with Crippen LogP contribution in [0.2, 0.25) is 0 Å². The quantitative estimate of drug-likeness (QED) is 0.643. The fourth-order valence-corrected chi connectivity index (χ4v) is 4.41. The molecule has 0 fully saturated rings. The van der Waals surface area contributed by atoms with Gasteiger partial charge in [-0.15, -0.1) is 11.3 Å². The first kappa shape index (κ1) is 20.9. The molecule has 2 aromatic heterocycles. The van der Waals surface area contributed by atoms with Crippen LogP contribution in [0.15, 0.2) is 39.9 Å². The number of fused-ring (bicyclic) bond motifs is 1. The van der Waals surface area contributed by atoms with E-state index in [4.69, 9.17) is 4.74 Å². The number of aromatic nitrogens is 2. The summed E-state index contributed by atoms with van der Waals surface area (Å²) in [6.45, 7) is 4.24. The molecule has 0 unspecified atom stereocenters. The van der Waals surface area contributed by atoms with Crippen LogP contribution in [0.5, 0.6) is 5.75 Å². The summed E-state index contributed by atoms with van der Waals surface area (Å²) >= 11 is 1.15. The standard InChI is InChI=1S/C21H25N3O4S/c1-5-14(6-2)24-19(26)16-11-17(29-20(16)23(3)21(24)27)18(25)22-12-13-8-7-9-15(10-13)28-4/h7-11,14H,5-6,12H2,1-4H3,(H,22,25). The molecule has 7 nitrogen and oxygen atoms in total. The van der Waals surface area contributed by atoms with Gasteiger partial charge in [0.1, 0.15) is 10.6 Å². The van der Waals surface area contributed by atoms with Crippen molar-refractivity contribution in [1.29, 1.82) is 0 Å². The number of benzene rings is 1. The molecule has 29 heavy (non-hydrogen) atoms. The molecule has 3 rings (SSSR count). The Bertz CT molecular complexity index is 1150. The van der Waals surface area contributed by atoms with Crippen LogP contribution >= 0.6 is 11.3 Å². The zero-order valence-electron chi connectivity index (χ0n) is 17.0. The average molecular weight is 416 g/mol. The van der Waals surface area contributed by atoms with Crippen molar-refractivity contribution in [1.82, 2.24) is 14.5 Å². The van der Waals surface area contributed by atoms with E-state index in [0.29, 0.717) is 34.5 Å². The number of hydrogen-bond acceptors (Lipinski definition) is 5. The molecule has 0 aliphatic heterocycles. The Hall–Kier alpha value is -2.87. The van der Waals surface area contributed by atoms with Crippen molar-refractivity contribution >= 4 is 27.5 Å². The molecule has 1 aromatic carbocycles. The maximum atomic E-state index is 13.0. The van der Waals surface area contributed by atoms with Gasteiger partial charge >= 0.3 is 5.69 Å². The predicted octanol–water partition coefficient (Wildman–Crippen LogP) is 3.06. The van der Waals surface area contributed by atoms with Crippen LogP contribution in [0.3, 0.4) is 0 Å². The van der Waals surface area contributed by atoms with Crippen LogP contribution in [0.1, 0.15) is 48.0 Å². The monoisotopic (exact) mass is 415 g/mol. The van der Waals surface area contributed by atoms with Crippen LogP contribution in [0, 0.1) is 0 Å². The number of carbonyl (C=O) groups is 1. The number of hydrogen-bond donors (Lipinski definition) is 1. The SMILES string of the molecule is CCC(CC)n1c(=O)c2cc(C(=O)NCc3cccc(OC)c3)sc2n(C)c1=O. The van der Waals surface area contributed by atoms with E-state index in [2.05, 4.69) is 5.32 Å². The van der Waals surface area contributed by atoms with Crippen LogP contribution in [0.25, 0.3) is 10.2 Å². The van der Waals surface area contributed by atoms with E-state index < -0.39 is 0 Å². The Morgan fingerprint density at radius 3 is 2.59 bits per heavy atom. The number of rotatable bonds is 7. The third-order valence-electron chi connectivity index (χ3n) is 5.08. The summed E-state index contributed by atoms with van der Waals surface area (Å²) in [5.41, 5.74) is 0.226. The molecule has 0 atom stereocenters. The zero-order chi connectivity index (χ0) is 21.1. The summed E-state index contributed by atoms with van der Waals surface area (Å²) in [6, 6.07) is 8.87. The normalized spacial score (nSPS) is 11.2. The fourth-order valence-electron chi connectivity index (χ4n) is 3.39. The van der Waals surface area contributed by atoms with Gasteiger partial charge in [-0.2, -0.15) is 0 Å². The van der Waals surface area contributed by atoms with E-state index >= 15 is 0 Å². The lowest BCUT2D eigenvalue weighted by Gasteiger charge is -2.16. The van der Waals surface area contributed by atoms with Gasteiger partial charge in [-0.1, -0.05) is 26.0 Å². The highest BCUT2D eigenvalue weighted by Gasteiger charge is 2.20. The number of carbonyl (C=O) groups excluding carboxylic acids is 1. The van der Waals surface area contributed by atoms with Crippen LogP contribution in [-0.4, -0.2) is 22.2 Å². The molecule has 0 bridgehead atoms. The molecule has 0 aliphatic carbocycles. The number of thiophene rings is 1. The van der Waals surface area contributed by atoms with E-state index in [0.717, 1.165) is 22.6 Å². The predicted molar refractivity (Wildman–Crippen MR) is 115 cm³/mol. The fraction of sp³-hybridized carbons (Fsp3) is 0.381. The van der Waals surface area contributed by atoms with Crippen molar-refractivity contribution in [3.8, 4) is 5.75 Å². The summed E-state index contributed by atoms with van der Waals surface area (Å²) in [7, 11) is 3.23. The Labute approximate surface area is 172 Å². The van der Waals surface area contributed by atoms with Gasteiger partial charge in [0, 0.05) is 19.6 Å². The second kappa shape index (κ2) is 8.65. The van der Waals surface area contributed by atoms with Crippen molar-refractivity contribution in [2.75, 3.05) is 7.11 Å². The van der Waals surface area contributed by atoms with E-state index in [1.807, 2.05) is 38.1 Å². The van der Waals surface area contributed by atoms with Gasteiger partial charge in [0.15, 0.2) is 0 Å². The van der Waals surface area contributed by atoms with Crippen molar-refractivity contribution in [2.45, 2.75) is 39.3 Å². The zero-order valence-corrected chi connectivity index (χ0v) is 17.8. The second-order valence-electron chi connectivity index (χ2n) is 6.85. The van der Waals surface area contributed by atoms with Crippen molar-refractivity contribution in [2.24, 2.45) is 7.05 Å². The second-order valence-corrected chi connectivity index (χ2v) is 7.88. The molecular formula is C21H25N3O4S. The lowest BCUT2D eigenvalue weighted by molar-refractivity contribution is 0.0955.